The van der Waals surface area contributed by atoms with Crippen molar-refractivity contribution in [2.75, 3.05) is 0 Å². The summed E-state index contributed by atoms with van der Waals surface area (Å²) in [4.78, 5) is 26.5. The Morgan fingerprint density at radius 2 is 1.54 bits per heavy atom. The molecule has 0 aromatic rings. The molecule has 196 valence electrons. The minimum Gasteiger partial charge on any atom is -0.481 e. The van der Waals surface area contributed by atoms with E-state index in [1.165, 1.54) is 0 Å². The first-order valence-corrected chi connectivity index (χ1v) is 13.8. The van der Waals surface area contributed by atoms with Gasteiger partial charge in [-0.15, -0.1) is 0 Å². The molecule has 0 aromatic heterocycles. The number of aliphatic carboxylic acids is 1. The van der Waals surface area contributed by atoms with Gasteiger partial charge in [-0.3, -0.25) is 9.59 Å². The van der Waals surface area contributed by atoms with Crippen LogP contribution in [0.5, 0.6) is 0 Å². The highest BCUT2D eigenvalue weighted by atomic mass is 16.4. The zero-order valence-electron chi connectivity index (χ0n) is 22.8. The van der Waals surface area contributed by atoms with E-state index < -0.39 is 22.4 Å². The first-order chi connectivity index (χ1) is 15.9. The first kappa shape index (κ1) is 25.4. The van der Waals surface area contributed by atoms with Gasteiger partial charge < -0.3 is 15.3 Å². The molecule has 3 N–H and O–H groups in total. The molecule has 0 unspecified atom stereocenters. The van der Waals surface area contributed by atoms with E-state index in [4.69, 9.17) is 0 Å². The van der Waals surface area contributed by atoms with Gasteiger partial charge >= 0.3 is 5.97 Å². The molecule has 4 saturated carbocycles. The molecule has 0 amide bonds. The molecule has 0 saturated heterocycles. The van der Waals surface area contributed by atoms with Crippen LogP contribution in [0.2, 0.25) is 0 Å². The molecule has 4 fully saturated rings. The zero-order valence-corrected chi connectivity index (χ0v) is 22.8. The molecule has 35 heavy (non-hydrogen) atoms. The van der Waals surface area contributed by atoms with E-state index in [1.807, 2.05) is 0 Å². The lowest BCUT2D eigenvalue weighted by atomic mass is 9.33. The molecule has 9 atom stereocenters. The van der Waals surface area contributed by atoms with Crippen LogP contribution in [0.1, 0.15) is 106 Å². The molecule has 0 radical (unpaired) electrons. The molecule has 0 aliphatic heterocycles. The SMILES string of the molecule is CC1(C)[C@@H](O)CC[C@@]2(C)[C@H]1CC[C@]1(C)[C@H]2C(=O)C=C2[C@@]1(C)CC[C@@]1(C)CC[C@](C)(C(=O)O)C[C@]21O. The van der Waals surface area contributed by atoms with E-state index in [1.54, 1.807) is 13.0 Å². The van der Waals surface area contributed by atoms with Crippen molar-refractivity contribution in [3.8, 4) is 0 Å². The van der Waals surface area contributed by atoms with Crippen LogP contribution in [0.3, 0.4) is 0 Å². The van der Waals surface area contributed by atoms with Gasteiger partial charge in [0.25, 0.3) is 0 Å². The molecule has 0 spiro atoms. The second-order valence-corrected chi connectivity index (χ2v) is 15.1. The standard InChI is InChI=1S/C30H46O5/c1-24(2)19-8-11-29(7)22(27(19,5)10-9-21(24)32)18(31)16-20-28(29,6)15-14-26(4)13-12-25(3,23(33)34)17-30(20,26)35/h16,19,21-22,32,35H,8-15,17H2,1-7H3,(H,33,34)/t19-,21-,22-,25-,26+,27-,28+,29+,30-/m0/s1. The molecule has 5 nitrogen and oxygen atoms in total. The van der Waals surface area contributed by atoms with Crippen molar-refractivity contribution in [2.45, 2.75) is 118 Å². The number of hydrogen-bond acceptors (Lipinski definition) is 4. The molecule has 5 heteroatoms. The van der Waals surface area contributed by atoms with Gasteiger partial charge in [0.05, 0.1) is 17.1 Å². The Morgan fingerprint density at radius 1 is 0.914 bits per heavy atom. The second-order valence-electron chi connectivity index (χ2n) is 15.1. The van der Waals surface area contributed by atoms with Crippen LogP contribution in [0.25, 0.3) is 0 Å². The number of carboxylic acid groups (broad SMARTS) is 1. The Kier molecular flexibility index (Phi) is 5.10. The largest absolute Gasteiger partial charge is 0.481 e. The lowest BCUT2D eigenvalue weighted by molar-refractivity contribution is -0.219. The summed E-state index contributed by atoms with van der Waals surface area (Å²) >= 11 is 0. The Hall–Kier alpha value is -1.20. The Balaban J connectivity index is 1.66. The monoisotopic (exact) mass is 486 g/mol. The fraction of sp³-hybridized carbons (Fsp3) is 0.867. The third-order valence-corrected chi connectivity index (χ3v) is 13.2. The van der Waals surface area contributed by atoms with E-state index in [0.29, 0.717) is 19.3 Å². The van der Waals surface area contributed by atoms with Crippen molar-refractivity contribution in [2.24, 2.45) is 44.3 Å². The summed E-state index contributed by atoms with van der Waals surface area (Å²) in [5.41, 5.74) is -3.03. The van der Waals surface area contributed by atoms with E-state index in [9.17, 15) is 24.9 Å². The fourth-order valence-corrected chi connectivity index (χ4v) is 10.4. The summed E-state index contributed by atoms with van der Waals surface area (Å²) in [5.74, 6) is -0.638. The summed E-state index contributed by atoms with van der Waals surface area (Å²) in [7, 11) is 0. The van der Waals surface area contributed by atoms with E-state index >= 15 is 0 Å². The first-order valence-electron chi connectivity index (χ1n) is 13.8. The van der Waals surface area contributed by atoms with Gasteiger partial charge in [0.15, 0.2) is 5.78 Å². The Labute approximate surface area is 210 Å². The molecule has 0 bridgehead atoms. The molecule has 5 aliphatic rings. The lowest BCUT2D eigenvalue weighted by Gasteiger charge is -2.71. The van der Waals surface area contributed by atoms with Crippen LogP contribution in [0.15, 0.2) is 11.6 Å². The van der Waals surface area contributed by atoms with Crippen molar-refractivity contribution in [1.29, 1.82) is 0 Å². The number of carbonyl (C=O) groups excluding carboxylic acids is 1. The van der Waals surface area contributed by atoms with Crippen molar-refractivity contribution in [3.63, 3.8) is 0 Å². The van der Waals surface area contributed by atoms with E-state index in [2.05, 4.69) is 41.5 Å². The molecule has 0 heterocycles. The number of aliphatic hydroxyl groups excluding tert-OH is 1. The van der Waals surface area contributed by atoms with Gasteiger partial charge in [-0.25, -0.2) is 0 Å². The number of carboxylic acids is 1. The average Bonchev–Trinajstić information content (AvgIpc) is 2.74. The number of allylic oxidation sites excluding steroid dienone is 1. The minimum atomic E-state index is -1.30. The minimum absolute atomic E-state index is 0.111. The number of ketones is 1. The van der Waals surface area contributed by atoms with Crippen LogP contribution in [-0.4, -0.2) is 38.8 Å². The highest BCUT2D eigenvalue weighted by Gasteiger charge is 2.73. The third-order valence-electron chi connectivity index (χ3n) is 13.2. The maximum atomic E-state index is 14.2. The van der Waals surface area contributed by atoms with Gasteiger partial charge in [-0.05, 0) is 104 Å². The molecule has 0 aromatic carbocycles. The molecular formula is C30H46O5. The van der Waals surface area contributed by atoms with Crippen LogP contribution in [0, 0.1) is 44.3 Å². The fourth-order valence-electron chi connectivity index (χ4n) is 10.4. The lowest BCUT2D eigenvalue weighted by Crippen LogP contribution is -2.70. The highest BCUT2D eigenvalue weighted by Crippen LogP contribution is 2.75. The predicted octanol–water partition coefficient (Wildman–Crippen LogP) is 5.53. The quantitative estimate of drug-likeness (QED) is 0.453. The number of rotatable bonds is 1. The van der Waals surface area contributed by atoms with Gasteiger partial charge in [-0.2, -0.15) is 0 Å². The smallest absolute Gasteiger partial charge is 0.309 e. The maximum absolute atomic E-state index is 14.2. The van der Waals surface area contributed by atoms with Crippen molar-refractivity contribution < 1.29 is 24.9 Å². The van der Waals surface area contributed by atoms with Gasteiger partial charge in [-0.1, -0.05) is 41.5 Å². The third kappa shape index (κ3) is 2.83. The van der Waals surface area contributed by atoms with Gasteiger partial charge in [0.1, 0.15) is 0 Å². The average molecular weight is 487 g/mol. The number of hydrogen-bond donors (Lipinski definition) is 3. The van der Waals surface area contributed by atoms with Crippen molar-refractivity contribution in [1.82, 2.24) is 0 Å². The van der Waals surface area contributed by atoms with Gasteiger partial charge in [0, 0.05) is 11.3 Å². The highest BCUT2D eigenvalue weighted by molar-refractivity contribution is 5.96. The van der Waals surface area contributed by atoms with Crippen LogP contribution >= 0.6 is 0 Å². The summed E-state index contributed by atoms with van der Waals surface area (Å²) in [6.07, 6.45) is 7.96. The van der Waals surface area contributed by atoms with Crippen LogP contribution in [0.4, 0.5) is 0 Å². The summed E-state index contributed by atoms with van der Waals surface area (Å²) in [5, 5.41) is 33.4. The Morgan fingerprint density at radius 3 is 2.17 bits per heavy atom. The van der Waals surface area contributed by atoms with Crippen molar-refractivity contribution >= 4 is 11.8 Å². The molecule has 5 aliphatic carbocycles. The number of fused-ring (bicyclic) bond motifs is 7. The summed E-state index contributed by atoms with van der Waals surface area (Å²) < 4.78 is 0. The van der Waals surface area contributed by atoms with Crippen molar-refractivity contribution in [3.05, 3.63) is 11.6 Å². The zero-order chi connectivity index (χ0) is 26.0. The molecule has 5 rings (SSSR count). The molecular weight excluding hydrogens is 440 g/mol. The van der Waals surface area contributed by atoms with Gasteiger partial charge in [0.2, 0.25) is 0 Å². The summed E-state index contributed by atoms with van der Waals surface area (Å²) in [6, 6.07) is 0. The topological polar surface area (TPSA) is 94.8 Å². The maximum Gasteiger partial charge on any atom is 0.309 e. The van der Waals surface area contributed by atoms with Crippen LogP contribution < -0.4 is 0 Å². The Bertz CT molecular complexity index is 1010. The second kappa shape index (κ2) is 7.01. The predicted molar refractivity (Wildman–Crippen MR) is 135 cm³/mol. The van der Waals surface area contributed by atoms with E-state index in [-0.39, 0.29) is 51.8 Å². The summed E-state index contributed by atoms with van der Waals surface area (Å²) in [6.45, 7) is 15.0. The van der Waals surface area contributed by atoms with E-state index in [0.717, 1.165) is 37.7 Å². The number of carbonyl (C=O) groups is 2. The normalized spacial score (nSPS) is 55.1. The van der Waals surface area contributed by atoms with Crippen LogP contribution in [-0.2, 0) is 9.59 Å². The number of aliphatic hydroxyl groups is 2.